The van der Waals surface area contributed by atoms with Crippen molar-refractivity contribution in [2.45, 2.75) is 33.1 Å². The van der Waals surface area contributed by atoms with Crippen LogP contribution in [-0.4, -0.2) is 12.6 Å². The van der Waals surface area contributed by atoms with Gasteiger partial charge in [-0.05, 0) is 32.4 Å². The number of esters is 1. The summed E-state index contributed by atoms with van der Waals surface area (Å²) in [4.78, 5) is 16.2. The first-order valence-electron chi connectivity index (χ1n) is 7.98. The minimum Gasteiger partial charge on any atom is -0.462 e. The molecule has 5 nitrogen and oxygen atoms in total. The van der Waals surface area contributed by atoms with Gasteiger partial charge in [-0.2, -0.15) is 5.26 Å². The van der Waals surface area contributed by atoms with Crippen LogP contribution in [0.4, 0.5) is 0 Å². The van der Waals surface area contributed by atoms with Gasteiger partial charge in [0.15, 0.2) is 5.75 Å². The topological polar surface area (TPSA) is 85.3 Å². The number of carbonyl (C=O) groups excluding carboxylic acids is 1. The van der Waals surface area contributed by atoms with Gasteiger partial charge in [0.2, 0.25) is 5.88 Å². The highest BCUT2D eigenvalue weighted by atomic mass is 32.1. The molecule has 0 saturated carbocycles. The number of thiophene rings is 2. The van der Waals surface area contributed by atoms with Crippen LogP contribution in [0.15, 0.2) is 23.6 Å². The molecule has 2 N–H and O–H groups in total. The molecule has 2 aromatic heterocycles. The van der Waals surface area contributed by atoms with Gasteiger partial charge in [0.25, 0.3) is 0 Å². The maximum atomic E-state index is 12.3. The molecule has 3 rings (SSSR count). The Morgan fingerprint density at radius 2 is 2.16 bits per heavy atom. The predicted molar refractivity (Wildman–Crippen MR) is 98.0 cm³/mol. The summed E-state index contributed by atoms with van der Waals surface area (Å²) in [5, 5.41) is 9.60. The molecule has 25 heavy (non-hydrogen) atoms. The number of allylic oxidation sites excluding steroid dienone is 1. The van der Waals surface area contributed by atoms with Crippen LogP contribution in [0.25, 0.3) is 0 Å². The number of hydrogen-bond donors (Lipinski definition) is 1. The number of nitriles is 1. The molecule has 0 saturated heterocycles. The van der Waals surface area contributed by atoms with Crippen LogP contribution in [0.2, 0.25) is 0 Å². The van der Waals surface area contributed by atoms with Crippen LogP contribution in [-0.2, 0) is 11.2 Å². The highest BCUT2D eigenvalue weighted by Crippen LogP contribution is 2.50. The van der Waals surface area contributed by atoms with Crippen molar-refractivity contribution in [3.8, 4) is 11.8 Å². The van der Waals surface area contributed by atoms with Gasteiger partial charge in [0.05, 0.1) is 17.4 Å². The van der Waals surface area contributed by atoms with Crippen LogP contribution < -0.4 is 10.5 Å². The van der Waals surface area contributed by atoms with Crippen LogP contribution in [0, 0.1) is 18.3 Å². The van der Waals surface area contributed by atoms with Crippen LogP contribution in [0.1, 0.15) is 49.6 Å². The molecule has 0 amide bonds. The molecule has 0 radical (unpaired) electrons. The fraction of sp³-hybridized carbons (Fsp3) is 0.333. The molecule has 0 spiro atoms. The Morgan fingerprint density at radius 3 is 2.76 bits per heavy atom. The molecule has 0 unspecified atom stereocenters. The zero-order valence-corrected chi connectivity index (χ0v) is 15.8. The van der Waals surface area contributed by atoms with Gasteiger partial charge in [-0.25, -0.2) is 4.79 Å². The minimum absolute atomic E-state index is 0.0507. The first kappa shape index (κ1) is 17.5. The fourth-order valence-electron chi connectivity index (χ4n) is 2.85. The number of fused-ring (bicyclic) bond motifs is 1. The summed E-state index contributed by atoms with van der Waals surface area (Å²) < 4.78 is 10.8. The van der Waals surface area contributed by atoms with Gasteiger partial charge in [0, 0.05) is 14.6 Å². The molecule has 1 aliphatic heterocycles. The van der Waals surface area contributed by atoms with E-state index in [1.165, 1.54) is 16.2 Å². The number of aryl methyl sites for hydroxylation is 2. The van der Waals surface area contributed by atoms with E-state index in [1.54, 1.807) is 18.3 Å². The second-order valence-electron chi connectivity index (χ2n) is 5.53. The summed E-state index contributed by atoms with van der Waals surface area (Å²) in [6.45, 7) is 5.99. The minimum atomic E-state index is -0.426. The molecule has 0 fully saturated rings. The Kier molecular flexibility index (Phi) is 4.84. The average molecular weight is 374 g/mol. The Balaban J connectivity index is 2.18. The SMILES string of the molecule is CCOC(=O)c1c(C)sc2c1OC(N)=C(C#N)[C@H]2c1ccc(CC)s1. The summed E-state index contributed by atoms with van der Waals surface area (Å²) in [5.41, 5.74) is 6.80. The standard InChI is InChI=1S/C18H18N2O3S2/c1-4-10-6-7-12(25-10)14-11(8-19)17(20)23-15-13(18(21)22-5-2)9(3)24-16(14)15/h6-7,14H,4-5,20H2,1-3H3/t14-/m0/s1. The van der Waals surface area contributed by atoms with Gasteiger partial charge in [-0.15, -0.1) is 22.7 Å². The van der Waals surface area contributed by atoms with E-state index in [9.17, 15) is 10.1 Å². The number of ether oxygens (including phenoxy) is 2. The van der Waals surface area contributed by atoms with E-state index in [2.05, 4.69) is 19.1 Å². The van der Waals surface area contributed by atoms with Crippen molar-refractivity contribution in [3.05, 3.63) is 48.7 Å². The second-order valence-corrected chi connectivity index (χ2v) is 7.99. The largest absolute Gasteiger partial charge is 0.462 e. The van der Waals surface area contributed by atoms with Crippen molar-refractivity contribution < 1.29 is 14.3 Å². The molecule has 0 bridgehead atoms. The quantitative estimate of drug-likeness (QED) is 0.815. The molecule has 130 valence electrons. The molecule has 3 heterocycles. The van der Waals surface area contributed by atoms with E-state index in [-0.39, 0.29) is 18.4 Å². The number of hydrogen-bond acceptors (Lipinski definition) is 7. The third-order valence-corrected chi connectivity index (χ3v) is 6.46. The van der Waals surface area contributed by atoms with Crippen LogP contribution >= 0.6 is 22.7 Å². The Morgan fingerprint density at radius 1 is 1.40 bits per heavy atom. The summed E-state index contributed by atoms with van der Waals surface area (Å²) in [6, 6.07) is 6.26. The van der Waals surface area contributed by atoms with Crippen molar-refractivity contribution >= 4 is 28.6 Å². The third kappa shape index (κ3) is 2.92. The monoisotopic (exact) mass is 374 g/mol. The van der Waals surface area contributed by atoms with E-state index in [1.807, 2.05) is 13.0 Å². The normalized spacial score (nSPS) is 16.2. The molecule has 1 atom stereocenters. The van der Waals surface area contributed by atoms with E-state index in [4.69, 9.17) is 15.2 Å². The summed E-state index contributed by atoms with van der Waals surface area (Å²) >= 11 is 3.10. The smallest absolute Gasteiger partial charge is 0.343 e. The molecule has 0 aliphatic carbocycles. The van der Waals surface area contributed by atoms with Crippen LogP contribution in [0.3, 0.4) is 0 Å². The zero-order valence-electron chi connectivity index (χ0n) is 14.2. The fourth-order valence-corrected chi connectivity index (χ4v) is 5.20. The van der Waals surface area contributed by atoms with Crippen molar-refractivity contribution in [3.63, 3.8) is 0 Å². The first-order chi connectivity index (χ1) is 12.0. The van der Waals surface area contributed by atoms with Gasteiger partial charge in [-0.3, -0.25) is 0 Å². The van der Waals surface area contributed by atoms with Crippen molar-refractivity contribution in [1.82, 2.24) is 0 Å². The summed E-state index contributed by atoms with van der Waals surface area (Å²) in [5.74, 6) is -0.250. The zero-order chi connectivity index (χ0) is 18.1. The van der Waals surface area contributed by atoms with Crippen molar-refractivity contribution in [2.24, 2.45) is 5.73 Å². The van der Waals surface area contributed by atoms with E-state index in [0.29, 0.717) is 16.9 Å². The van der Waals surface area contributed by atoms with E-state index in [0.717, 1.165) is 21.1 Å². The van der Waals surface area contributed by atoms with E-state index < -0.39 is 5.97 Å². The number of nitrogens with two attached hydrogens (primary N) is 1. The molecule has 2 aromatic rings. The average Bonchev–Trinajstić information content (AvgIpc) is 3.17. The van der Waals surface area contributed by atoms with Gasteiger partial charge in [0.1, 0.15) is 17.2 Å². The molecule has 1 aliphatic rings. The maximum Gasteiger partial charge on any atom is 0.343 e. The molecular weight excluding hydrogens is 356 g/mol. The molecule has 0 aromatic carbocycles. The lowest BCUT2D eigenvalue weighted by Gasteiger charge is -2.23. The van der Waals surface area contributed by atoms with Crippen molar-refractivity contribution in [1.29, 1.82) is 5.26 Å². The lowest BCUT2D eigenvalue weighted by molar-refractivity contribution is 0.0522. The lowest BCUT2D eigenvalue weighted by atomic mass is 9.93. The first-order valence-corrected chi connectivity index (χ1v) is 9.61. The third-order valence-electron chi connectivity index (χ3n) is 4.01. The molecule has 7 heteroatoms. The second kappa shape index (κ2) is 6.90. The highest BCUT2D eigenvalue weighted by molar-refractivity contribution is 7.14. The maximum absolute atomic E-state index is 12.3. The van der Waals surface area contributed by atoms with Gasteiger partial charge in [-0.1, -0.05) is 6.92 Å². The van der Waals surface area contributed by atoms with Gasteiger partial charge < -0.3 is 15.2 Å². The van der Waals surface area contributed by atoms with Gasteiger partial charge >= 0.3 is 5.97 Å². The molecular formula is C18H18N2O3S2. The number of carbonyl (C=O) groups is 1. The summed E-state index contributed by atoms with van der Waals surface area (Å²) in [7, 11) is 0. The highest BCUT2D eigenvalue weighted by Gasteiger charge is 2.37. The van der Waals surface area contributed by atoms with Crippen molar-refractivity contribution in [2.75, 3.05) is 6.61 Å². The van der Waals surface area contributed by atoms with Crippen LogP contribution in [0.5, 0.6) is 5.75 Å². The number of nitrogens with zero attached hydrogens (tertiary/aromatic N) is 1. The Bertz CT molecular complexity index is 902. The Labute approximate surface area is 154 Å². The predicted octanol–water partition coefficient (Wildman–Crippen LogP) is 4.08. The van der Waals surface area contributed by atoms with E-state index >= 15 is 0 Å². The number of rotatable bonds is 4. The lowest BCUT2D eigenvalue weighted by Crippen LogP contribution is -2.20. The summed E-state index contributed by atoms with van der Waals surface area (Å²) in [6.07, 6.45) is 0.930. The Hall–Kier alpha value is -2.30.